The highest BCUT2D eigenvalue weighted by molar-refractivity contribution is 5.93. The number of fused-ring (bicyclic) bond motifs is 5. The van der Waals surface area contributed by atoms with Crippen molar-refractivity contribution in [3.8, 4) is 29.1 Å². The predicted octanol–water partition coefficient (Wildman–Crippen LogP) is 10.6. The van der Waals surface area contributed by atoms with E-state index in [4.69, 9.17) is 14.2 Å². The summed E-state index contributed by atoms with van der Waals surface area (Å²) < 4.78 is 18.4. The van der Waals surface area contributed by atoms with Crippen LogP contribution >= 0.6 is 0 Å². The molecule has 3 aromatic carbocycles. The van der Waals surface area contributed by atoms with Gasteiger partial charge in [-0.3, -0.25) is 0 Å². The number of methoxy groups -OCH3 is 2. The second-order valence-electron chi connectivity index (χ2n) is 13.8. The molecule has 1 atom stereocenters. The van der Waals surface area contributed by atoms with E-state index in [1.54, 1.807) is 14.2 Å². The third-order valence-corrected chi connectivity index (χ3v) is 11.1. The first-order valence-corrected chi connectivity index (χ1v) is 17.4. The molecule has 0 radical (unpaired) electrons. The van der Waals surface area contributed by atoms with Crippen molar-refractivity contribution in [1.82, 2.24) is 0 Å². The van der Waals surface area contributed by atoms with Crippen LogP contribution in [0.1, 0.15) is 96.4 Å². The molecule has 3 aliphatic carbocycles. The largest absolute Gasteiger partial charge is 0.497 e. The number of hydrogen-bond donors (Lipinski definition) is 0. The molecule has 1 unspecified atom stereocenters. The third-order valence-electron chi connectivity index (χ3n) is 11.1. The van der Waals surface area contributed by atoms with Crippen LogP contribution in [0.15, 0.2) is 84.5 Å². The van der Waals surface area contributed by atoms with Crippen molar-refractivity contribution in [2.24, 2.45) is 0 Å². The quantitative estimate of drug-likeness (QED) is 0.261. The van der Waals surface area contributed by atoms with Gasteiger partial charge in [-0.25, -0.2) is 0 Å². The topological polar surface area (TPSA) is 27.7 Å². The summed E-state index contributed by atoms with van der Waals surface area (Å²) in [5.41, 5.74) is 12.4. The van der Waals surface area contributed by atoms with Gasteiger partial charge in [0.2, 0.25) is 0 Å². The van der Waals surface area contributed by atoms with Crippen LogP contribution < -0.4 is 14.2 Å². The van der Waals surface area contributed by atoms with Crippen LogP contribution in [0.5, 0.6) is 17.2 Å². The molecule has 3 nitrogen and oxygen atoms in total. The summed E-state index contributed by atoms with van der Waals surface area (Å²) in [6.07, 6.45) is 26.7. The molecule has 7 rings (SSSR count). The average Bonchev–Trinajstić information content (AvgIpc) is 3.47. The lowest BCUT2D eigenvalue weighted by Crippen LogP contribution is -2.35. The van der Waals surface area contributed by atoms with Crippen molar-refractivity contribution in [3.05, 3.63) is 129 Å². The first kappa shape index (κ1) is 31.9. The fourth-order valence-corrected chi connectivity index (χ4v) is 8.78. The van der Waals surface area contributed by atoms with Gasteiger partial charge in [0.15, 0.2) is 0 Å². The normalized spacial score (nSPS) is 20.6. The summed E-state index contributed by atoms with van der Waals surface area (Å²) in [4.78, 5) is 0. The molecule has 0 aromatic heterocycles. The predicted molar refractivity (Wildman–Crippen MR) is 199 cm³/mol. The number of hydrogen-bond acceptors (Lipinski definition) is 3. The van der Waals surface area contributed by atoms with E-state index < -0.39 is 5.41 Å². The molecular formula is C45H46O3. The lowest BCUT2D eigenvalue weighted by Gasteiger charge is -2.45. The fourth-order valence-electron chi connectivity index (χ4n) is 8.78. The molecule has 1 fully saturated rings. The van der Waals surface area contributed by atoms with Crippen molar-refractivity contribution in [3.63, 3.8) is 0 Å². The van der Waals surface area contributed by atoms with E-state index >= 15 is 0 Å². The van der Waals surface area contributed by atoms with E-state index in [1.807, 2.05) is 13.0 Å². The minimum absolute atomic E-state index is 0.0581. The van der Waals surface area contributed by atoms with Crippen LogP contribution in [0.25, 0.3) is 17.7 Å². The molecule has 3 aromatic rings. The maximum absolute atomic E-state index is 7.24. The van der Waals surface area contributed by atoms with E-state index in [2.05, 4.69) is 111 Å². The number of ether oxygens (including phenoxy) is 3. The van der Waals surface area contributed by atoms with E-state index in [-0.39, 0.29) is 5.41 Å². The van der Waals surface area contributed by atoms with E-state index in [9.17, 15) is 0 Å². The van der Waals surface area contributed by atoms with Crippen LogP contribution in [0.3, 0.4) is 0 Å². The maximum Gasteiger partial charge on any atom is 0.130 e. The van der Waals surface area contributed by atoms with E-state index in [0.29, 0.717) is 6.61 Å². The number of aryl methyl sites for hydroxylation is 1. The molecule has 1 spiro atoms. The van der Waals surface area contributed by atoms with Crippen LogP contribution in [-0.4, -0.2) is 20.8 Å². The smallest absolute Gasteiger partial charge is 0.130 e. The molecule has 244 valence electrons. The summed E-state index contributed by atoms with van der Waals surface area (Å²) in [5.74, 6) is 8.97. The van der Waals surface area contributed by atoms with Gasteiger partial charge in [-0.05, 0) is 133 Å². The van der Waals surface area contributed by atoms with Crippen molar-refractivity contribution < 1.29 is 14.2 Å². The van der Waals surface area contributed by atoms with Crippen LogP contribution in [-0.2, 0) is 10.8 Å². The molecule has 0 N–H and O–H groups in total. The van der Waals surface area contributed by atoms with Crippen LogP contribution in [0.4, 0.5) is 0 Å². The molecule has 48 heavy (non-hydrogen) atoms. The van der Waals surface area contributed by atoms with Gasteiger partial charge >= 0.3 is 0 Å². The Labute approximate surface area is 286 Å². The average molecular weight is 635 g/mol. The molecule has 1 heterocycles. The van der Waals surface area contributed by atoms with Gasteiger partial charge in [0.1, 0.15) is 23.9 Å². The Morgan fingerprint density at radius 3 is 2.35 bits per heavy atom. The highest BCUT2D eigenvalue weighted by Gasteiger charge is 2.45. The maximum atomic E-state index is 7.24. The summed E-state index contributed by atoms with van der Waals surface area (Å²) in [6, 6.07) is 14.9. The Kier molecular flexibility index (Phi) is 8.69. The molecule has 4 aliphatic rings. The Bertz CT molecular complexity index is 1950. The monoisotopic (exact) mass is 634 g/mol. The van der Waals surface area contributed by atoms with Crippen LogP contribution in [0.2, 0.25) is 0 Å². The van der Waals surface area contributed by atoms with Gasteiger partial charge in [-0.2, -0.15) is 0 Å². The van der Waals surface area contributed by atoms with E-state index in [1.165, 1.54) is 87.8 Å². The number of allylic oxidation sites excluding steroid dienone is 7. The number of benzene rings is 3. The van der Waals surface area contributed by atoms with Gasteiger partial charge in [-0.1, -0.05) is 79.8 Å². The van der Waals surface area contributed by atoms with Gasteiger partial charge in [-0.15, -0.1) is 5.92 Å². The summed E-state index contributed by atoms with van der Waals surface area (Å²) in [7, 11) is 3.44. The van der Waals surface area contributed by atoms with E-state index in [0.717, 1.165) is 30.1 Å². The highest BCUT2D eigenvalue weighted by Crippen LogP contribution is 2.57. The Hall–Kier alpha value is -4.68. The molecular weight excluding hydrogens is 588 g/mol. The van der Waals surface area contributed by atoms with Gasteiger partial charge < -0.3 is 14.2 Å². The Morgan fingerprint density at radius 1 is 0.875 bits per heavy atom. The zero-order valence-corrected chi connectivity index (χ0v) is 29.0. The van der Waals surface area contributed by atoms with Gasteiger partial charge in [0.05, 0.1) is 19.6 Å². The minimum Gasteiger partial charge on any atom is -0.497 e. The summed E-state index contributed by atoms with van der Waals surface area (Å²) >= 11 is 0. The minimum atomic E-state index is -0.533. The lowest BCUT2D eigenvalue weighted by atomic mass is 9.59. The van der Waals surface area contributed by atoms with Crippen molar-refractivity contribution in [2.75, 3.05) is 20.8 Å². The second-order valence-corrected chi connectivity index (χ2v) is 13.8. The highest BCUT2D eigenvalue weighted by atomic mass is 16.5. The molecule has 0 amide bonds. The molecule has 3 heteroatoms. The summed E-state index contributed by atoms with van der Waals surface area (Å²) in [6.45, 7) is 6.78. The Balaban J connectivity index is 1.53. The summed E-state index contributed by atoms with van der Waals surface area (Å²) in [5, 5.41) is 0. The van der Waals surface area contributed by atoms with Gasteiger partial charge in [0, 0.05) is 11.0 Å². The first-order chi connectivity index (χ1) is 23.4. The van der Waals surface area contributed by atoms with Crippen molar-refractivity contribution in [2.45, 2.75) is 76.5 Å². The zero-order chi connectivity index (χ0) is 33.3. The van der Waals surface area contributed by atoms with Crippen LogP contribution in [0, 0.1) is 25.7 Å². The zero-order valence-electron chi connectivity index (χ0n) is 29.0. The van der Waals surface area contributed by atoms with Gasteiger partial charge in [0.25, 0.3) is 0 Å². The first-order valence-electron chi connectivity index (χ1n) is 17.4. The fraction of sp³-hybridized carbons (Fsp3) is 0.333. The standard InChI is InChI=1S/C45H46O3/c1-6-7-10-16-37-32(3)43-39(42-41(37)38-17-12-8-11-15-33(38)29-44(42)25-13-9-14-26-44)24-27-45(30-48-43,34-18-20-35(46-4)21-19-34)40-23-22-36(47-5)28-31(40)2/h10-12,15-24,27-28H,8-9,13-14,25-26,29-30H2,1-5H3/b16-10-. The lowest BCUT2D eigenvalue weighted by molar-refractivity contribution is 0.265. The second kappa shape index (κ2) is 13.1. The Morgan fingerprint density at radius 2 is 1.62 bits per heavy atom. The van der Waals surface area contributed by atoms with Crippen molar-refractivity contribution in [1.29, 1.82) is 0 Å². The molecule has 0 bridgehead atoms. The SMILES string of the molecule is CC#C/C=C\c1c(C)c2c(c3c1C1=C(C=CCC=C1)CC31CCCCC1)C=CC(c1ccc(OC)cc1)(c1ccc(OC)cc1C)CO2. The molecule has 1 saturated carbocycles. The molecule has 0 saturated heterocycles. The van der Waals surface area contributed by atoms with Crippen molar-refractivity contribution >= 4 is 17.7 Å². The number of rotatable bonds is 5. The molecule has 1 aliphatic heterocycles. The third kappa shape index (κ3) is 5.32.